The fraction of sp³-hybridized carbons (Fsp3) is 0.462. The van der Waals surface area contributed by atoms with Gasteiger partial charge in [0.2, 0.25) is 0 Å². The molecule has 1 aliphatic heterocycles. The summed E-state index contributed by atoms with van der Waals surface area (Å²) in [6.45, 7) is 0.961. The lowest BCUT2D eigenvalue weighted by Gasteiger charge is -2.16. The molecule has 2 aliphatic rings. The predicted octanol–water partition coefficient (Wildman–Crippen LogP) is 2.05. The molecule has 2 atom stereocenters. The molecule has 0 aromatic heterocycles. The summed E-state index contributed by atoms with van der Waals surface area (Å²) in [5, 5.41) is 12.8. The molecule has 1 heterocycles. The number of hydrogen-bond acceptors (Lipinski definition) is 2. The lowest BCUT2D eigenvalue weighted by Crippen LogP contribution is -2.28. The van der Waals surface area contributed by atoms with Gasteiger partial charge in [-0.05, 0) is 18.4 Å². The van der Waals surface area contributed by atoms with Crippen molar-refractivity contribution in [1.29, 1.82) is 5.26 Å². The smallest absolute Gasteiger partial charge is 0.0725 e. The standard InChI is InChI=1S/C13H14N2/c14-8-12-11(9-15-13(12)6-7-13)10-4-2-1-3-5-10/h1-5,11-12,15H,6-7,9H2. The van der Waals surface area contributed by atoms with Gasteiger partial charge in [0.1, 0.15) is 0 Å². The summed E-state index contributed by atoms with van der Waals surface area (Å²) in [7, 11) is 0. The van der Waals surface area contributed by atoms with Gasteiger partial charge in [0.05, 0.1) is 12.0 Å². The molecule has 1 saturated heterocycles. The normalized spacial score (nSPS) is 31.4. The van der Waals surface area contributed by atoms with Gasteiger partial charge in [-0.15, -0.1) is 0 Å². The first-order chi connectivity index (χ1) is 7.36. The maximum absolute atomic E-state index is 9.28. The molecule has 1 aromatic rings. The van der Waals surface area contributed by atoms with Gasteiger partial charge in [-0.25, -0.2) is 0 Å². The summed E-state index contributed by atoms with van der Waals surface area (Å²) in [4.78, 5) is 0. The minimum atomic E-state index is 0.167. The molecule has 2 unspecified atom stereocenters. The molecule has 1 spiro atoms. The van der Waals surface area contributed by atoms with Crippen LogP contribution < -0.4 is 5.32 Å². The SMILES string of the molecule is N#CC1C(c2ccccc2)CNC12CC2. The van der Waals surface area contributed by atoms with Crippen LogP contribution in [0.5, 0.6) is 0 Å². The van der Waals surface area contributed by atoms with Crippen LogP contribution in [0, 0.1) is 17.2 Å². The van der Waals surface area contributed by atoms with E-state index >= 15 is 0 Å². The summed E-state index contributed by atoms with van der Waals surface area (Å²) in [5.41, 5.74) is 1.48. The van der Waals surface area contributed by atoms with E-state index in [9.17, 15) is 5.26 Å². The molecule has 1 aromatic carbocycles. The highest BCUT2D eigenvalue weighted by molar-refractivity contribution is 5.31. The van der Waals surface area contributed by atoms with Gasteiger partial charge in [0, 0.05) is 18.0 Å². The zero-order valence-corrected chi connectivity index (χ0v) is 8.61. The van der Waals surface area contributed by atoms with Crippen molar-refractivity contribution >= 4 is 0 Å². The first kappa shape index (κ1) is 8.94. The second-order valence-electron chi connectivity index (χ2n) is 4.66. The van der Waals surface area contributed by atoms with E-state index in [1.807, 2.05) is 6.07 Å². The monoisotopic (exact) mass is 198 g/mol. The van der Waals surface area contributed by atoms with E-state index in [1.54, 1.807) is 0 Å². The third kappa shape index (κ3) is 1.27. The van der Waals surface area contributed by atoms with Gasteiger partial charge in [0.25, 0.3) is 0 Å². The van der Waals surface area contributed by atoms with Crippen LogP contribution in [0.4, 0.5) is 0 Å². The molecule has 1 saturated carbocycles. The van der Waals surface area contributed by atoms with Crippen LogP contribution in [0.2, 0.25) is 0 Å². The Morgan fingerprint density at radius 2 is 2.00 bits per heavy atom. The summed E-state index contributed by atoms with van der Waals surface area (Å²) in [5.74, 6) is 0.554. The largest absolute Gasteiger partial charge is 0.309 e. The predicted molar refractivity (Wildman–Crippen MR) is 58.3 cm³/mol. The van der Waals surface area contributed by atoms with Crippen LogP contribution in [-0.2, 0) is 0 Å². The molecule has 2 nitrogen and oxygen atoms in total. The van der Waals surface area contributed by atoms with E-state index in [2.05, 4.69) is 35.7 Å². The molecule has 1 aliphatic carbocycles. The highest BCUT2D eigenvalue weighted by Crippen LogP contribution is 2.51. The van der Waals surface area contributed by atoms with Crippen molar-refractivity contribution in [3.05, 3.63) is 35.9 Å². The Bertz CT molecular complexity index is 400. The second kappa shape index (κ2) is 3.08. The van der Waals surface area contributed by atoms with Gasteiger partial charge in [-0.3, -0.25) is 0 Å². The fourth-order valence-corrected chi connectivity index (χ4v) is 2.77. The minimum absolute atomic E-state index is 0.167. The van der Waals surface area contributed by atoms with E-state index in [1.165, 1.54) is 18.4 Å². The topological polar surface area (TPSA) is 35.8 Å². The number of nitrogens with one attached hydrogen (secondary N) is 1. The van der Waals surface area contributed by atoms with Gasteiger partial charge in [-0.1, -0.05) is 30.3 Å². The molecular formula is C13H14N2. The number of nitriles is 1. The number of hydrogen-bond donors (Lipinski definition) is 1. The maximum atomic E-state index is 9.28. The van der Waals surface area contributed by atoms with Crippen molar-refractivity contribution in [2.45, 2.75) is 24.3 Å². The minimum Gasteiger partial charge on any atom is -0.309 e. The Labute approximate surface area is 89.9 Å². The Kier molecular flexibility index (Phi) is 1.83. The molecule has 76 valence electrons. The molecule has 15 heavy (non-hydrogen) atoms. The molecular weight excluding hydrogens is 184 g/mol. The van der Waals surface area contributed by atoms with Crippen LogP contribution in [0.25, 0.3) is 0 Å². The fourth-order valence-electron chi connectivity index (χ4n) is 2.77. The molecule has 2 fully saturated rings. The van der Waals surface area contributed by atoms with E-state index in [-0.39, 0.29) is 11.5 Å². The summed E-state index contributed by atoms with van der Waals surface area (Å²) in [6, 6.07) is 12.9. The van der Waals surface area contributed by atoms with Crippen molar-refractivity contribution in [1.82, 2.24) is 5.32 Å². The number of benzene rings is 1. The van der Waals surface area contributed by atoms with Crippen LogP contribution in [0.3, 0.4) is 0 Å². The second-order valence-corrected chi connectivity index (χ2v) is 4.66. The zero-order valence-electron chi connectivity index (χ0n) is 8.61. The van der Waals surface area contributed by atoms with Crippen molar-refractivity contribution in [3.63, 3.8) is 0 Å². The van der Waals surface area contributed by atoms with Crippen LogP contribution in [0.1, 0.15) is 24.3 Å². The average Bonchev–Trinajstić information content (AvgIpc) is 2.95. The molecule has 0 bridgehead atoms. The Morgan fingerprint density at radius 3 is 2.60 bits per heavy atom. The third-order valence-electron chi connectivity index (χ3n) is 3.83. The molecule has 3 rings (SSSR count). The highest BCUT2D eigenvalue weighted by Gasteiger charge is 2.56. The van der Waals surface area contributed by atoms with Crippen molar-refractivity contribution in [3.8, 4) is 6.07 Å². The summed E-state index contributed by atoms with van der Waals surface area (Å²) < 4.78 is 0. The zero-order chi connectivity index (χ0) is 10.3. The van der Waals surface area contributed by atoms with Crippen molar-refractivity contribution < 1.29 is 0 Å². The van der Waals surface area contributed by atoms with E-state index in [0.29, 0.717) is 5.92 Å². The lowest BCUT2D eigenvalue weighted by atomic mass is 9.85. The lowest BCUT2D eigenvalue weighted by molar-refractivity contribution is 0.496. The maximum Gasteiger partial charge on any atom is 0.0725 e. The number of nitrogens with zero attached hydrogens (tertiary/aromatic N) is 1. The quantitative estimate of drug-likeness (QED) is 0.749. The van der Waals surface area contributed by atoms with Gasteiger partial charge in [-0.2, -0.15) is 5.26 Å². The van der Waals surface area contributed by atoms with Gasteiger partial charge < -0.3 is 5.32 Å². The summed E-state index contributed by atoms with van der Waals surface area (Å²) >= 11 is 0. The first-order valence-corrected chi connectivity index (χ1v) is 5.55. The van der Waals surface area contributed by atoms with Gasteiger partial charge >= 0.3 is 0 Å². The Balaban J connectivity index is 1.92. The molecule has 0 amide bonds. The van der Waals surface area contributed by atoms with E-state index in [4.69, 9.17) is 0 Å². The first-order valence-electron chi connectivity index (χ1n) is 5.55. The van der Waals surface area contributed by atoms with E-state index < -0.39 is 0 Å². The molecule has 1 N–H and O–H groups in total. The number of rotatable bonds is 1. The summed E-state index contributed by atoms with van der Waals surface area (Å²) in [6.07, 6.45) is 2.35. The Morgan fingerprint density at radius 1 is 1.27 bits per heavy atom. The van der Waals surface area contributed by atoms with Crippen LogP contribution in [0.15, 0.2) is 30.3 Å². The molecule has 0 radical (unpaired) electrons. The van der Waals surface area contributed by atoms with Gasteiger partial charge in [0.15, 0.2) is 0 Å². The van der Waals surface area contributed by atoms with Crippen LogP contribution in [-0.4, -0.2) is 12.1 Å². The van der Waals surface area contributed by atoms with Crippen LogP contribution >= 0.6 is 0 Å². The molecule has 2 heteroatoms. The highest BCUT2D eigenvalue weighted by atomic mass is 15.1. The van der Waals surface area contributed by atoms with E-state index in [0.717, 1.165) is 6.54 Å². The van der Waals surface area contributed by atoms with Crippen molar-refractivity contribution in [2.75, 3.05) is 6.54 Å². The Hall–Kier alpha value is -1.33. The third-order valence-corrected chi connectivity index (χ3v) is 3.83. The average molecular weight is 198 g/mol. The van der Waals surface area contributed by atoms with Crippen molar-refractivity contribution in [2.24, 2.45) is 5.92 Å².